The van der Waals surface area contributed by atoms with Gasteiger partial charge in [0.15, 0.2) is 0 Å². The van der Waals surface area contributed by atoms with Crippen LogP contribution in [0.4, 0.5) is 10.1 Å². The largest absolute Gasteiger partial charge is 0.495 e. The van der Waals surface area contributed by atoms with Crippen LogP contribution in [0.5, 0.6) is 5.75 Å². The average Bonchev–Trinajstić information content (AvgIpc) is 2.25. The molecule has 0 saturated carbocycles. The molecule has 1 aromatic rings. The highest BCUT2D eigenvalue weighted by Crippen LogP contribution is 2.24. The van der Waals surface area contributed by atoms with E-state index in [1.807, 2.05) is 6.07 Å². The van der Waals surface area contributed by atoms with Gasteiger partial charge in [0.25, 0.3) is 0 Å². The molecule has 1 N–H and O–H groups in total. The normalized spacial score (nSPS) is 9.40. The lowest BCUT2D eigenvalue weighted by molar-refractivity contribution is 0.415. The minimum atomic E-state index is -0.307. The lowest BCUT2D eigenvalue weighted by Gasteiger charge is -2.10. The third-order valence-corrected chi connectivity index (χ3v) is 1.94. The first-order valence-electron chi connectivity index (χ1n) is 4.72. The van der Waals surface area contributed by atoms with Crippen molar-refractivity contribution in [3.63, 3.8) is 0 Å². The summed E-state index contributed by atoms with van der Waals surface area (Å²) in [5.74, 6) is 0.298. The number of methoxy groups -OCH3 is 1. The Labute approximate surface area is 88.5 Å². The maximum absolute atomic E-state index is 12.9. The SMILES string of the molecule is COc1ccc(F)cc1NCCCC#N. The zero-order chi connectivity index (χ0) is 11.1. The topological polar surface area (TPSA) is 45.0 Å². The molecule has 0 amide bonds. The van der Waals surface area contributed by atoms with Gasteiger partial charge in [0, 0.05) is 19.0 Å². The van der Waals surface area contributed by atoms with Crippen LogP contribution in [0.2, 0.25) is 0 Å². The van der Waals surface area contributed by atoms with Gasteiger partial charge in [-0.3, -0.25) is 0 Å². The number of anilines is 1. The Kier molecular flexibility index (Phi) is 4.42. The van der Waals surface area contributed by atoms with Gasteiger partial charge in [-0.25, -0.2) is 4.39 Å². The number of nitrogens with one attached hydrogen (secondary N) is 1. The summed E-state index contributed by atoms with van der Waals surface area (Å²) in [4.78, 5) is 0. The van der Waals surface area contributed by atoms with Crippen LogP contribution < -0.4 is 10.1 Å². The van der Waals surface area contributed by atoms with E-state index in [1.165, 1.54) is 19.2 Å². The Bertz CT molecular complexity index is 360. The van der Waals surface area contributed by atoms with Crippen molar-refractivity contribution in [2.75, 3.05) is 19.0 Å². The molecule has 0 atom stereocenters. The van der Waals surface area contributed by atoms with Crippen molar-refractivity contribution < 1.29 is 9.13 Å². The molecular formula is C11H13FN2O. The summed E-state index contributed by atoms with van der Waals surface area (Å²) in [5, 5.41) is 11.4. The van der Waals surface area contributed by atoms with Gasteiger partial charge in [-0.1, -0.05) is 0 Å². The van der Waals surface area contributed by atoms with Crippen LogP contribution in [-0.4, -0.2) is 13.7 Å². The summed E-state index contributed by atoms with van der Waals surface area (Å²) in [5.41, 5.74) is 0.621. The van der Waals surface area contributed by atoms with E-state index >= 15 is 0 Å². The summed E-state index contributed by atoms with van der Waals surface area (Å²) < 4.78 is 18.0. The molecule has 0 bridgehead atoms. The fourth-order valence-electron chi connectivity index (χ4n) is 1.21. The first-order valence-corrected chi connectivity index (χ1v) is 4.72. The molecule has 15 heavy (non-hydrogen) atoms. The van der Waals surface area contributed by atoms with E-state index < -0.39 is 0 Å². The zero-order valence-corrected chi connectivity index (χ0v) is 8.59. The van der Waals surface area contributed by atoms with E-state index in [0.29, 0.717) is 24.4 Å². The van der Waals surface area contributed by atoms with Crippen molar-refractivity contribution in [1.29, 1.82) is 5.26 Å². The Morgan fingerprint density at radius 2 is 2.33 bits per heavy atom. The summed E-state index contributed by atoms with van der Waals surface area (Å²) in [6.07, 6.45) is 1.22. The molecule has 0 fully saturated rings. The summed E-state index contributed by atoms with van der Waals surface area (Å²) in [6.45, 7) is 0.632. The van der Waals surface area contributed by atoms with Gasteiger partial charge in [-0.15, -0.1) is 0 Å². The molecule has 0 aromatic heterocycles. The monoisotopic (exact) mass is 208 g/mol. The predicted octanol–water partition coefficient (Wildman–Crippen LogP) is 2.55. The first kappa shape index (κ1) is 11.3. The Morgan fingerprint density at radius 3 is 3.00 bits per heavy atom. The standard InChI is InChI=1S/C11H13FN2O/c1-15-11-5-4-9(12)8-10(11)14-7-3-2-6-13/h4-5,8,14H,2-3,7H2,1H3. The molecule has 0 saturated heterocycles. The summed E-state index contributed by atoms with van der Waals surface area (Å²) in [6, 6.07) is 6.35. The lowest BCUT2D eigenvalue weighted by atomic mass is 10.2. The highest BCUT2D eigenvalue weighted by atomic mass is 19.1. The molecular weight excluding hydrogens is 195 g/mol. The van der Waals surface area contributed by atoms with E-state index in [-0.39, 0.29) is 5.82 Å². The molecule has 1 aromatic carbocycles. The molecule has 0 aliphatic rings. The number of ether oxygens (including phenoxy) is 1. The summed E-state index contributed by atoms with van der Waals surface area (Å²) >= 11 is 0. The number of benzene rings is 1. The number of unbranched alkanes of at least 4 members (excludes halogenated alkanes) is 1. The fraction of sp³-hybridized carbons (Fsp3) is 0.364. The molecule has 0 aliphatic carbocycles. The minimum Gasteiger partial charge on any atom is -0.495 e. The number of nitrogens with zero attached hydrogens (tertiary/aromatic N) is 1. The molecule has 4 heteroatoms. The van der Waals surface area contributed by atoms with E-state index in [1.54, 1.807) is 6.07 Å². The first-order chi connectivity index (χ1) is 7.27. The van der Waals surface area contributed by atoms with E-state index in [9.17, 15) is 4.39 Å². The minimum absolute atomic E-state index is 0.307. The van der Waals surface area contributed by atoms with Crippen LogP contribution in [0.15, 0.2) is 18.2 Å². The molecule has 0 heterocycles. The summed E-state index contributed by atoms with van der Waals surface area (Å²) in [7, 11) is 1.54. The van der Waals surface area contributed by atoms with Crippen molar-refractivity contribution >= 4 is 5.69 Å². The molecule has 3 nitrogen and oxygen atoms in total. The highest BCUT2D eigenvalue weighted by molar-refractivity contribution is 5.56. The quantitative estimate of drug-likeness (QED) is 0.756. The van der Waals surface area contributed by atoms with Crippen molar-refractivity contribution in [1.82, 2.24) is 0 Å². The van der Waals surface area contributed by atoms with Crippen LogP contribution in [0, 0.1) is 17.1 Å². The number of hydrogen-bond acceptors (Lipinski definition) is 3. The fourth-order valence-corrected chi connectivity index (χ4v) is 1.21. The number of hydrogen-bond donors (Lipinski definition) is 1. The van der Waals surface area contributed by atoms with E-state index in [2.05, 4.69) is 5.32 Å². The highest BCUT2D eigenvalue weighted by Gasteiger charge is 2.03. The third-order valence-electron chi connectivity index (χ3n) is 1.94. The smallest absolute Gasteiger partial charge is 0.142 e. The molecule has 80 valence electrons. The Morgan fingerprint density at radius 1 is 1.53 bits per heavy atom. The van der Waals surface area contributed by atoms with Crippen LogP contribution in [-0.2, 0) is 0 Å². The Hall–Kier alpha value is -1.76. The zero-order valence-electron chi connectivity index (χ0n) is 8.59. The predicted molar refractivity (Wildman–Crippen MR) is 56.3 cm³/mol. The second-order valence-corrected chi connectivity index (χ2v) is 3.03. The van der Waals surface area contributed by atoms with Crippen LogP contribution in [0.3, 0.4) is 0 Å². The van der Waals surface area contributed by atoms with Gasteiger partial charge < -0.3 is 10.1 Å². The van der Waals surface area contributed by atoms with Crippen LogP contribution in [0.1, 0.15) is 12.8 Å². The van der Waals surface area contributed by atoms with Crippen LogP contribution >= 0.6 is 0 Å². The van der Waals surface area contributed by atoms with Crippen molar-refractivity contribution in [2.45, 2.75) is 12.8 Å². The number of halogens is 1. The Balaban J connectivity index is 2.58. The van der Waals surface area contributed by atoms with Gasteiger partial charge in [-0.2, -0.15) is 5.26 Å². The lowest BCUT2D eigenvalue weighted by Crippen LogP contribution is -2.03. The number of nitriles is 1. The molecule has 0 unspecified atom stereocenters. The van der Waals surface area contributed by atoms with E-state index in [0.717, 1.165) is 6.42 Å². The second-order valence-electron chi connectivity index (χ2n) is 3.03. The van der Waals surface area contributed by atoms with E-state index in [4.69, 9.17) is 10.00 Å². The molecule has 0 spiro atoms. The third kappa shape index (κ3) is 3.47. The van der Waals surface area contributed by atoms with Crippen molar-refractivity contribution in [2.24, 2.45) is 0 Å². The van der Waals surface area contributed by atoms with Gasteiger partial charge in [0.2, 0.25) is 0 Å². The van der Waals surface area contributed by atoms with Crippen molar-refractivity contribution in [3.8, 4) is 11.8 Å². The van der Waals surface area contributed by atoms with Gasteiger partial charge in [-0.05, 0) is 18.6 Å². The number of rotatable bonds is 5. The molecule has 0 aliphatic heterocycles. The van der Waals surface area contributed by atoms with Crippen molar-refractivity contribution in [3.05, 3.63) is 24.0 Å². The maximum atomic E-state index is 12.9. The molecule has 0 radical (unpaired) electrons. The average molecular weight is 208 g/mol. The maximum Gasteiger partial charge on any atom is 0.142 e. The van der Waals surface area contributed by atoms with Gasteiger partial charge >= 0.3 is 0 Å². The van der Waals surface area contributed by atoms with Gasteiger partial charge in [0.05, 0.1) is 18.9 Å². The molecule has 1 rings (SSSR count). The van der Waals surface area contributed by atoms with Crippen LogP contribution in [0.25, 0.3) is 0 Å². The second kappa shape index (κ2) is 5.86. The van der Waals surface area contributed by atoms with Gasteiger partial charge in [0.1, 0.15) is 11.6 Å².